The van der Waals surface area contributed by atoms with E-state index in [0.717, 1.165) is 23.4 Å². The largest absolute Gasteiger partial charge is 0.339 e. The van der Waals surface area contributed by atoms with E-state index >= 15 is 0 Å². The Balaban J connectivity index is 1.84. The Morgan fingerprint density at radius 2 is 2.39 bits per heavy atom. The molecule has 0 bridgehead atoms. The van der Waals surface area contributed by atoms with E-state index in [4.69, 9.17) is 0 Å². The number of hydrogen-bond donors (Lipinski definition) is 1. The van der Waals surface area contributed by atoms with Gasteiger partial charge in [0.15, 0.2) is 5.65 Å². The average Bonchev–Trinajstić information content (AvgIpc) is 3.04. The van der Waals surface area contributed by atoms with Crippen LogP contribution in [0, 0.1) is 0 Å². The van der Waals surface area contributed by atoms with Crippen molar-refractivity contribution < 1.29 is 0 Å². The van der Waals surface area contributed by atoms with Gasteiger partial charge in [-0.2, -0.15) is 0 Å². The van der Waals surface area contributed by atoms with E-state index in [1.54, 1.807) is 12.5 Å². The second-order valence-electron chi connectivity index (χ2n) is 4.63. The number of hydrogen-bond acceptors (Lipinski definition) is 4. The highest BCUT2D eigenvalue weighted by Gasteiger charge is 2.25. The highest BCUT2D eigenvalue weighted by molar-refractivity contribution is 7.10. The molecule has 4 rings (SSSR count). The van der Waals surface area contributed by atoms with Crippen molar-refractivity contribution in [3.63, 3.8) is 0 Å². The third-order valence-corrected chi connectivity index (χ3v) is 4.56. The third kappa shape index (κ3) is 1.47. The van der Waals surface area contributed by atoms with Crippen LogP contribution >= 0.6 is 11.3 Å². The lowest BCUT2D eigenvalue weighted by Gasteiger charge is -2.20. The molecule has 0 aliphatic heterocycles. The molecule has 1 aliphatic carbocycles. The molecule has 0 amide bonds. The number of thiophene rings is 1. The summed E-state index contributed by atoms with van der Waals surface area (Å²) in [6.07, 6.45) is 6.95. The summed E-state index contributed by atoms with van der Waals surface area (Å²) in [5.41, 5.74) is 3.13. The molecule has 0 fully saturated rings. The number of imidazole rings is 1. The lowest BCUT2D eigenvalue weighted by Crippen LogP contribution is -2.09. The molecular formula is C13H12N4S. The maximum absolute atomic E-state index is 4.61. The van der Waals surface area contributed by atoms with E-state index in [9.17, 15) is 0 Å². The maximum atomic E-state index is 4.61. The molecule has 90 valence electrons. The van der Waals surface area contributed by atoms with Gasteiger partial charge >= 0.3 is 0 Å². The Morgan fingerprint density at radius 3 is 3.33 bits per heavy atom. The lowest BCUT2D eigenvalue weighted by atomic mass is 9.87. The van der Waals surface area contributed by atoms with Gasteiger partial charge in [0.1, 0.15) is 17.7 Å². The highest BCUT2D eigenvalue weighted by atomic mass is 32.1. The average molecular weight is 256 g/mol. The number of aromatic nitrogens is 4. The van der Waals surface area contributed by atoms with Gasteiger partial charge in [-0.05, 0) is 36.3 Å². The maximum Gasteiger partial charge on any atom is 0.180 e. The first-order chi connectivity index (χ1) is 8.92. The Bertz CT molecular complexity index is 667. The van der Waals surface area contributed by atoms with E-state index in [2.05, 4.69) is 31.4 Å². The first-order valence-electron chi connectivity index (χ1n) is 6.14. The van der Waals surface area contributed by atoms with Gasteiger partial charge in [0.25, 0.3) is 0 Å². The van der Waals surface area contributed by atoms with Gasteiger partial charge in [-0.3, -0.25) is 0 Å². The smallest absolute Gasteiger partial charge is 0.180 e. The van der Waals surface area contributed by atoms with Crippen molar-refractivity contribution in [2.75, 3.05) is 0 Å². The zero-order valence-electron chi connectivity index (χ0n) is 9.76. The molecule has 0 spiro atoms. The minimum absolute atomic E-state index is 0.397. The van der Waals surface area contributed by atoms with Crippen LogP contribution in [0.25, 0.3) is 11.2 Å². The summed E-state index contributed by atoms with van der Waals surface area (Å²) >= 11 is 1.86. The molecule has 0 saturated heterocycles. The van der Waals surface area contributed by atoms with Crippen LogP contribution in [0.2, 0.25) is 0 Å². The molecular weight excluding hydrogens is 244 g/mol. The SMILES string of the molecule is c1ncc2[nH]c(C3CCCc4sccc43)nc2n1. The van der Waals surface area contributed by atoms with Gasteiger partial charge in [-0.25, -0.2) is 15.0 Å². The van der Waals surface area contributed by atoms with Crippen molar-refractivity contribution in [3.8, 4) is 0 Å². The molecule has 1 unspecified atom stereocenters. The van der Waals surface area contributed by atoms with E-state index in [-0.39, 0.29) is 0 Å². The summed E-state index contributed by atoms with van der Waals surface area (Å²) in [7, 11) is 0. The molecule has 18 heavy (non-hydrogen) atoms. The summed E-state index contributed by atoms with van der Waals surface area (Å²) < 4.78 is 0. The third-order valence-electron chi connectivity index (χ3n) is 3.56. The predicted octanol–water partition coefficient (Wildman–Crippen LogP) is 2.88. The number of nitrogens with zero attached hydrogens (tertiary/aromatic N) is 3. The minimum Gasteiger partial charge on any atom is -0.339 e. The van der Waals surface area contributed by atoms with Gasteiger partial charge in [-0.15, -0.1) is 11.3 Å². The van der Waals surface area contributed by atoms with Gasteiger partial charge in [0.2, 0.25) is 0 Å². The number of H-pyrrole nitrogens is 1. The summed E-state index contributed by atoms with van der Waals surface area (Å²) in [6, 6.07) is 2.24. The summed E-state index contributed by atoms with van der Waals surface area (Å²) in [5, 5.41) is 2.19. The highest BCUT2D eigenvalue weighted by Crippen LogP contribution is 2.38. The Hall–Kier alpha value is -1.75. The molecule has 3 aromatic rings. The summed E-state index contributed by atoms with van der Waals surface area (Å²) in [4.78, 5) is 17.7. The first kappa shape index (κ1) is 10.2. The molecule has 3 aromatic heterocycles. The summed E-state index contributed by atoms with van der Waals surface area (Å²) in [5.74, 6) is 1.43. The molecule has 5 heteroatoms. The minimum atomic E-state index is 0.397. The standard InChI is InChI=1S/C13H12N4S/c1-2-9(8-4-5-18-11(8)3-1)12-16-10-6-14-7-15-13(10)17-12/h4-7,9H,1-3H2,(H,14,15,16,17). The van der Waals surface area contributed by atoms with Crippen LogP contribution in [0.5, 0.6) is 0 Å². The number of fused-ring (bicyclic) bond motifs is 2. The van der Waals surface area contributed by atoms with Gasteiger partial charge < -0.3 is 4.98 Å². The van der Waals surface area contributed by atoms with Gasteiger partial charge in [-0.1, -0.05) is 0 Å². The fourth-order valence-corrected chi connectivity index (χ4v) is 3.70. The molecule has 1 aliphatic rings. The fraction of sp³-hybridized carbons (Fsp3) is 0.308. The van der Waals surface area contributed by atoms with E-state index in [1.807, 2.05) is 11.3 Å². The van der Waals surface area contributed by atoms with Crippen molar-refractivity contribution in [3.05, 3.63) is 40.2 Å². The second-order valence-corrected chi connectivity index (χ2v) is 5.63. The van der Waals surface area contributed by atoms with Gasteiger partial charge in [0, 0.05) is 10.8 Å². The van der Waals surface area contributed by atoms with Crippen molar-refractivity contribution in [2.24, 2.45) is 0 Å². The van der Waals surface area contributed by atoms with Crippen LogP contribution in [-0.4, -0.2) is 19.9 Å². The second kappa shape index (κ2) is 3.88. The van der Waals surface area contributed by atoms with Crippen LogP contribution < -0.4 is 0 Å². The lowest BCUT2D eigenvalue weighted by molar-refractivity contribution is 0.604. The molecule has 3 heterocycles. The normalized spacial score (nSPS) is 19.0. The number of rotatable bonds is 1. The van der Waals surface area contributed by atoms with Crippen LogP contribution in [0.15, 0.2) is 24.0 Å². The van der Waals surface area contributed by atoms with E-state index in [0.29, 0.717) is 5.92 Å². The Kier molecular flexibility index (Phi) is 2.20. The molecule has 0 aromatic carbocycles. The van der Waals surface area contributed by atoms with Crippen molar-refractivity contribution in [1.29, 1.82) is 0 Å². The molecule has 4 nitrogen and oxygen atoms in total. The van der Waals surface area contributed by atoms with Crippen LogP contribution in [0.1, 0.15) is 35.0 Å². The zero-order chi connectivity index (χ0) is 11.9. The Labute approximate surface area is 108 Å². The number of nitrogens with one attached hydrogen (secondary N) is 1. The predicted molar refractivity (Wildman–Crippen MR) is 70.8 cm³/mol. The quantitative estimate of drug-likeness (QED) is 0.728. The monoisotopic (exact) mass is 256 g/mol. The number of aryl methyl sites for hydroxylation is 1. The van der Waals surface area contributed by atoms with E-state index < -0.39 is 0 Å². The van der Waals surface area contributed by atoms with Crippen LogP contribution in [0.4, 0.5) is 0 Å². The molecule has 1 atom stereocenters. The number of aromatic amines is 1. The van der Waals surface area contributed by atoms with E-state index in [1.165, 1.54) is 23.3 Å². The topological polar surface area (TPSA) is 54.5 Å². The van der Waals surface area contributed by atoms with Crippen molar-refractivity contribution in [2.45, 2.75) is 25.2 Å². The molecule has 0 saturated carbocycles. The van der Waals surface area contributed by atoms with Crippen LogP contribution in [0.3, 0.4) is 0 Å². The first-order valence-corrected chi connectivity index (χ1v) is 7.01. The summed E-state index contributed by atoms with van der Waals surface area (Å²) in [6.45, 7) is 0. The van der Waals surface area contributed by atoms with Gasteiger partial charge in [0.05, 0.1) is 6.20 Å². The van der Waals surface area contributed by atoms with Crippen molar-refractivity contribution >= 4 is 22.5 Å². The molecule has 1 N–H and O–H groups in total. The van der Waals surface area contributed by atoms with Crippen molar-refractivity contribution in [1.82, 2.24) is 19.9 Å². The fourth-order valence-electron chi connectivity index (χ4n) is 2.72. The Morgan fingerprint density at radius 1 is 1.39 bits per heavy atom. The molecule has 0 radical (unpaired) electrons. The zero-order valence-corrected chi connectivity index (χ0v) is 10.6. The van der Waals surface area contributed by atoms with Crippen LogP contribution in [-0.2, 0) is 6.42 Å².